The molecule has 0 aliphatic rings. The van der Waals surface area contributed by atoms with E-state index in [-0.39, 0.29) is 17.9 Å². The Hall–Kier alpha value is -1.49. The van der Waals surface area contributed by atoms with Gasteiger partial charge in [0.1, 0.15) is 5.75 Å². The molecule has 0 aromatic heterocycles. The molecule has 1 atom stereocenters. The molecule has 0 saturated carbocycles. The van der Waals surface area contributed by atoms with Gasteiger partial charge in [0.2, 0.25) is 0 Å². The molecular weight excluding hydrogens is 233 g/mol. The molecule has 0 spiro atoms. The van der Waals surface area contributed by atoms with Crippen molar-refractivity contribution in [1.82, 2.24) is 0 Å². The van der Waals surface area contributed by atoms with Crippen LogP contribution in [0.25, 0.3) is 6.08 Å². The van der Waals surface area contributed by atoms with Crippen LogP contribution in [0.15, 0.2) is 24.8 Å². The highest BCUT2D eigenvalue weighted by molar-refractivity contribution is 5.61. The van der Waals surface area contributed by atoms with Crippen molar-refractivity contribution in [3.05, 3.63) is 42.8 Å². The van der Waals surface area contributed by atoms with Gasteiger partial charge in [-0.1, -0.05) is 24.8 Å². The standard InChI is InChI=1S/C12H12F3O2/c1-3-9-10(8(2)7-16)5-4-6-11(9)17-12(13,14)15/h3-6,8,16H,1-2,7H2. The van der Waals surface area contributed by atoms with Crippen LogP contribution in [0, 0.1) is 6.92 Å². The lowest BCUT2D eigenvalue weighted by molar-refractivity contribution is -0.274. The van der Waals surface area contributed by atoms with Gasteiger partial charge in [-0.2, -0.15) is 0 Å². The molecule has 1 radical (unpaired) electrons. The number of hydrogen-bond acceptors (Lipinski definition) is 2. The van der Waals surface area contributed by atoms with Gasteiger partial charge >= 0.3 is 6.36 Å². The predicted molar refractivity (Wildman–Crippen MR) is 58.4 cm³/mol. The lowest BCUT2D eigenvalue weighted by Crippen LogP contribution is -2.18. The molecule has 0 fully saturated rings. The van der Waals surface area contributed by atoms with Crippen LogP contribution in [0.2, 0.25) is 0 Å². The summed E-state index contributed by atoms with van der Waals surface area (Å²) < 4.78 is 40.3. The van der Waals surface area contributed by atoms with Gasteiger partial charge in [-0.05, 0) is 18.6 Å². The van der Waals surface area contributed by atoms with Crippen LogP contribution in [-0.2, 0) is 0 Å². The second-order valence-corrected chi connectivity index (χ2v) is 3.39. The van der Waals surface area contributed by atoms with E-state index >= 15 is 0 Å². The van der Waals surface area contributed by atoms with E-state index in [9.17, 15) is 13.2 Å². The molecule has 0 aliphatic heterocycles. The van der Waals surface area contributed by atoms with Crippen LogP contribution >= 0.6 is 0 Å². The summed E-state index contributed by atoms with van der Waals surface area (Å²) in [5.41, 5.74) is 0.656. The van der Waals surface area contributed by atoms with Crippen molar-refractivity contribution in [2.75, 3.05) is 6.61 Å². The van der Waals surface area contributed by atoms with Crippen molar-refractivity contribution in [1.29, 1.82) is 0 Å². The lowest BCUT2D eigenvalue weighted by Gasteiger charge is -2.17. The third kappa shape index (κ3) is 3.49. The molecule has 2 nitrogen and oxygen atoms in total. The summed E-state index contributed by atoms with van der Waals surface area (Å²) in [5.74, 6) is -0.869. The molecule has 17 heavy (non-hydrogen) atoms. The smallest absolute Gasteiger partial charge is 0.405 e. The molecular formula is C12H12F3O2. The molecule has 0 amide bonds. The first kappa shape index (κ1) is 13.6. The lowest BCUT2D eigenvalue weighted by atomic mass is 9.95. The average molecular weight is 245 g/mol. The molecule has 0 bridgehead atoms. The summed E-state index contributed by atoms with van der Waals surface area (Å²) in [7, 11) is 0. The zero-order chi connectivity index (χ0) is 13.1. The Morgan fingerprint density at radius 1 is 1.41 bits per heavy atom. The van der Waals surface area contributed by atoms with E-state index in [1.54, 1.807) is 6.07 Å². The molecule has 1 aromatic rings. The molecule has 5 heteroatoms. The van der Waals surface area contributed by atoms with Crippen molar-refractivity contribution in [3.63, 3.8) is 0 Å². The summed E-state index contributed by atoms with van der Waals surface area (Å²) in [6, 6.07) is 4.18. The van der Waals surface area contributed by atoms with E-state index in [0.29, 0.717) is 5.56 Å². The van der Waals surface area contributed by atoms with Gasteiger partial charge in [0.25, 0.3) is 0 Å². The van der Waals surface area contributed by atoms with Crippen LogP contribution in [-0.4, -0.2) is 18.1 Å². The first-order valence-corrected chi connectivity index (χ1v) is 4.84. The minimum absolute atomic E-state index is 0.193. The average Bonchev–Trinajstić information content (AvgIpc) is 2.25. The minimum atomic E-state index is -4.76. The van der Waals surface area contributed by atoms with Crippen molar-refractivity contribution in [2.24, 2.45) is 0 Å². The zero-order valence-electron chi connectivity index (χ0n) is 9.00. The van der Waals surface area contributed by atoms with Gasteiger partial charge in [-0.15, -0.1) is 13.2 Å². The van der Waals surface area contributed by atoms with Gasteiger partial charge in [-0.3, -0.25) is 0 Å². The number of alkyl halides is 3. The highest BCUT2D eigenvalue weighted by atomic mass is 19.4. The van der Waals surface area contributed by atoms with Crippen LogP contribution in [0.1, 0.15) is 17.0 Å². The predicted octanol–water partition coefficient (Wildman–Crippen LogP) is 3.14. The monoisotopic (exact) mass is 245 g/mol. The maximum absolute atomic E-state index is 12.2. The second kappa shape index (κ2) is 5.23. The SMILES string of the molecule is [CH2]C(CO)c1cccc(OC(F)(F)F)c1C=C. The Labute approximate surface area is 97.3 Å². The van der Waals surface area contributed by atoms with Gasteiger partial charge in [0.05, 0.1) is 0 Å². The van der Waals surface area contributed by atoms with Crippen LogP contribution in [0.4, 0.5) is 13.2 Å². The minimum Gasteiger partial charge on any atom is -0.405 e. The largest absolute Gasteiger partial charge is 0.573 e. The fourth-order valence-corrected chi connectivity index (χ4v) is 1.45. The van der Waals surface area contributed by atoms with Crippen LogP contribution in [0.3, 0.4) is 0 Å². The van der Waals surface area contributed by atoms with E-state index in [1.165, 1.54) is 18.2 Å². The van der Waals surface area contributed by atoms with Gasteiger partial charge < -0.3 is 9.84 Å². The number of benzene rings is 1. The Kier molecular flexibility index (Phi) is 4.17. The van der Waals surface area contributed by atoms with E-state index in [2.05, 4.69) is 18.2 Å². The summed E-state index contributed by atoms with van der Waals surface area (Å²) >= 11 is 0. The normalized spacial score (nSPS) is 13.2. The molecule has 1 rings (SSSR count). The Balaban J connectivity index is 3.19. The zero-order valence-corrected chi connectivity index (χ0v) is 9.00. The van der Waals surface area contributed by atoms with Crippen molar-refractivity contribution < 1.29 is 23.0 Å². The number of aliphatic hydroxyl groups is 1. The fraction of sp³-hybridized carbons (Fsp3) is 0.250. The third-order valence-corrected chi connectivity index (χ3v) is 2.19. The molecule has 0 aliphatic carbocycles. The second-order valence-electron chi connectivity index (χ2n) is 3.39. The topological polar surface area (TPSA) is 29.5 Å². The number of rotatable bonds is 4. The molecule has 0 heterocycles. The van der Waals surface area contributed by atoms with Crippen molar-refractivity contribution in [3.8, 4) is 5.75 Å². The van der Waals surface area contributed by atoms with E-state index in [1.807, 2.05) is 0 Å². The first-order chi connectivity index (χ1) is 7.89. The van der Waals surface area contributed by atoms with E-state index < -0.39 is 12.3 Å². The van der Waals surface area contributed by atoms with Crippen LogP contribution in [0.5, 0.6) is 5.75 Å². The summed E-state index contributed by atoms with van der Waals surface area (Å²) in [6.45, 7) is 6.81. The molecule has 1 N–H and O–H groups in total. The molecule has 0 saturated heterocycles. The van der Waals surface area contributed by atoms with E-state index in [4.69, 9.17) is 5.11 Å². The Bertz CT molecular complexity index is 399. The van der Waals surface area contributed by atoms with Gasteiger partial charge in [0.15, 0.2) is 0 Å². The van der Waals surface area contributed by atoms with E-state index in [0.717, 1.165) is 0 Å². The first-order valence-electron chi connectivity index (χ1n) is 4.84. The number of halogens is 3. The van der Waals surface area contributed by atoms with Gasteiger partial charge in [0, 0.05) is 18.1 Å². The molecule has 93 valence electrons. The fourth-order valence-electron chi connectivity index (χ4n) is 1.45. The summed E-state index contributed by atoms with van der Waals surface area (Å²) in [4.78, 5) is 0. The maximum Gasteiger partial charge on any atom is 0.573 e. The summed E-state index contributed by atoms with van der Waals surface area (Å²) in [5, 5.41) is 8.97. The molecule has 1 unspecified atom stereocenters. The highest BCUT2D eigenvalue weighted by Gasteiger charge is 2.32. The Morgan fingerprint density at radius 2 is 2.06 bits per heavy atom. The third-order valence-electron chi connectivity index (χ3n) is 2.19. The number of ether oxygens (including phenoxy) is 1. The van der Waals surface area contributed by atoms with Crippen molar-refractivity contribution in [2.45, 2.75) is 12.3 Å². The molecule has 1 aromatic carbocycles. The number of aliphatic hydroxyl groups excluding tert-OH is 1. The van der Waals surface area contributed by atoms with Gasteiger partial charge in [-0.25, -0.2) is 0 Å². The van der Waals surface area contributed by atoms with Crippen LogP contribution < -0.4 is 4.74 Å². The number of hydrogen-bond donors (Lipinski definition) is 1. The highest BCUT2D eigenvalue weighted by Crippen LogP contribution is 2.32. The Morgan fingerprint density at radius 3 is 2.53 bits per heavy atom. The van der Waals surface area contributed by atoms with Crippen molar-refractivity contribution >= 4 is 6.08 Å². The maximum atomic E-state index is 12.2. The summed E-state index contributed by atoms with van der Waals surface area (Å²) in [6.07, 6.45) is -3.50. The quantitative estimate of drug-likeness (QED) is 0.883.